The molecule has 0 bridgehead atoms. The van der Waals surface area contributed by atoms with Crippen LogP contribution in [0.1, 0.15) is 124 Å². The predicted molar refractivity (Wildman–Crippen MR) is 258 cm³/mol. The standard InChI is InChI=1S/C48H71N7O10.C2H4O2/c1-7-9-18-36(51-44(59)34(49)17-11-13-22-42(57)65-6)41(56)27-33(30(5)8-2)43(58)52-37(25-29(3)4)46(61)54-23-14-20-39(54)45(60)53-38(47(62)55-24-15-21-40(55)48(63)64)26-31-28-50-35-19-12-10-16-32(31)35;1-2(3)4/h10,12-13,16,19,22,28-30,33-34,36-40,50H,7-9,11,14-15,17-18,20-21,23-27,49H2,1-6H3,(H,51,59)(H,52,58)(H,53,60)(H,63,64);1H3,(H,3,4)/b22-13+;/t30?,33-,34-,36-,37-,38-,39-,40-;/m0./s1. The molecule has 19 heteroatoms. The number of Topliss-reactive ketones (excluding diaryl/α,β-unsaturated/α-hetero) is 1. The fourth-order valence-electron chi connectivity index (χ4n) is 8.80. The smallest absolute Gasteiger partial charge is 0.330 e. The molecule has 2 aliphatic rings. The molecule has 382 valence electrons. The number of H-pyrrole nitrogens is 1. The highest BCUT2D eigenvalue weighted by atomic mass is 16.5. The number of rotatable bonds is 25. The summed E-state index contributed by atoms with van der Waals surface area (Å²) >= 11 is 0. The number of fused-ring (bicyclic) bond motifs is 1. The number of amides is 5. The molecule has 1 aromatic heterocycles. The molecule has 0 aliphatic carbocycles. The second-order valence-electron chi connectivity index (χ2n) is 18.5. The van der Waals surface area contributed by atoms with Gasteiger partial charge in [-0.05, 0) is 74.8 Å². The highest BCUT2D eigenvalue weighted by molar-refractivity contribution is 5.97. The molecule has 2 aliphatic heterocycles. The van der Waals surface area contributed by atoms with Crippen LogP contribution in [0.25, 0.3) is 10.9 Å². The Hall–Kier alpha value is -6.11. The third-order valence-corrected chi connectivity index (χ3v) is 12.8. The third-order valence-electron chi connectivity index (χ3n) is 12.8. The molecule has 2 fully saturated rings. The highest BCUT2D eigenvalue weighted by Gasteiger charge is 2.43. The first-order valence-electron chi connectivity index (χ1n) is 24.3. The minimum Gasteiger partial charge on any atom is -0.481 e. The number of likely N-dealkylation sites (tertiary alicyclic amines) is 2. The van der Waals surface area contributed by atoms with Crippen molar-refractivity contribution in [3.8, 4) is 0 Å². The first kappa shape index (κ1) is 57.2. The summed E-state index contributed by atoms with van der Waals surface area (Å²) in [5.41, 5.74) is 7.76. The molecule has 0 spiro atoms. The van der Waals surface area contributed by atoms with Crippen LogP contribution in [0.15, 0.2) is 42.6 Å². The second-order valence-corrected chi connectivity index (χ2v) is 18.5. The Morgan fingerprint density at radius 2 is 1.46 bits per heavy atom. The first-order chi connectivity index (χ1) is 32.7. The van der Waals surface area contributed by atoms with Crippen LogP contribution >= 0.6 is 0 Å². The second kappa shape index (κ2) is 28.4. The van der Waals surface area contributed by atoms with Gasteiger partial charge in [0.25, 0.3) is 5.97 Å². The largest absolute Gasteiger partial charge is 0.481 e. The Kier molecular flexibility index (Phi) is 23.5. The molecule has 3 heterocycles. The summed E-state index contributed by atoms with van der Waals surface area (Å²) in [4.78, 5) is 123. The van der Waals surface area contributed by atoms with E-state index in [-0.39, 0.29) is 56.4 Å². The minimum absolute atomic E-state index is 0.0440. The SMILES string of the molecule is CC(=O)O.CCCC[C@H](NC(=O)[C@@H](N)CC/C=C/C(=O)OC)C(=O)C[C@H](C(=O)N[C@@H](CC(C)C)C(=O)N1CCC[C@H]1C(=O)N[C@@H](Cc1c[nH]c2ccccc12)C(=O)N1CCC[C@H]1C(=O)O)C(C)CC. The Labute approximate surface area is 405 Å². The van der Waals surface area contributed by atoms with Crippen LogP contribution in [0.5, 0.6) is 0 Å². The van der Waals surface area contributed by atoms with Crippen molar-refractivity contribution in [1.29, 1.82) is 0 Å². The molecule has 0 saturated carbocycles. The van der Waals surface area contributed by atoms with Gasteiger partial charge in [0, 0.05) is 61.9 Å². The predicted octanol–water partition coefficient (Wildman–Crippen LogP) is 4.02. The Balaban J connectivity index is 0.00000303. The van der Waals surface area contributed by atoms with Crippen molar-refractivity contribution in [3.63, 3.8) is 0 Å². The van der Waals surface area contributed by atoms with Crippen LogP contribution in [-0.2, 0) is 54.3 Å². The lowest BCUT2D eigenvalue weighted by Gasteiger charge is -2.33. The number of hydrogen-bond donors (Lipinski definition) is 7. The van der Waals surface area contributed by atoms with Crippen molar-refractivity contribution >= 4 is 64.1 Å². The fraction of sp³-hybridized carbons (Fsp3) is 0.620. The number of allylic oxidation sites excluding steroid dienone is 1. The van der Waals surface area contributed by atoms with Gasteiger partial charge in [-0.3, -0.25) is 33.6 Å². The van der Waals surface area contributed by atoms with Gasteiger partial charge in [-0.25, -0.2) is 9.59 Å². The Morgan fingerprint density at radius 1 is 0.855 bits per heavy atom. The molecular formula is C50H75N7O12. The van der Waals surface area contributed by atoms with Gasteiger partial charge < -0.3 is 51.4 Å². The fourth-order valence-corrected chi connectivity index (χ4v) is 8.80. The maximum absolute atomic E-state index is 14.6. The summed E-state index contributed by atoms with van der Waals surface area (Å²) in [6.45, 7) is 11.1. The lowest BCUT2D eigenvalue weighted by Crippen LogP contribution is -2.58. The van der Waals surface area contributed by atoms with E-state index in [1.807, 2.05) is 58.9 Å². The number of aromatic amines is 1. The number of aliphatic carboxylic acids is 2. The van der Waals surface area contributed by atoms with Crippen LogP contribution in [0, 0.1) is 17.8 Å². The summed E-state index contributed by atoms with van der Waals surface area (Å²) < 4.78 is 4.58. The highest BCUT2D eigenvalue weighted by Crippen LogP contribution is 2.27. The van der Waals surface area contributed by atoms with Crippen LogP contribution in [0.4, 0.5) is 0 Å². The average molecular weight is 966 g/mol. The number of ketones is 1. The number of esters is 1. The number of carbonyl (C=O) groups excluding carboxylic acids is 7. The molecule has 8 atom stereocenters. The summed E-state index contributed by atoms with van der Waals surface area (Å²) in [6.07, 6.45) is 9.27. The number of aromatic nitrogens is 1. The number of carboxylic acid groups (broad SMARTS) is 2. The Morgan fingerprint density at radius 3 is 2.07 bits per heavy atom. The third kappa shape index (κ3) is 17.4. The van der Waals surface area contributed by atoms with Crippen LogP contribution in [-0.4, -0.2) is 135 Å². The van der Waals surface area contributed by atoms with Crippen molar-refractivity contribution in [2.75, 3.05) is 20.2 Å². The van der Waals surface area contributed by atoms with Gasteiger partial charge in [-0.15, -0.1) is 0 Å². The molecule has 19 nitrogen and oxygen atoms in total. The zero-order valence-electron chi connectivity index (χ0n) is 41.3. The zero-order valence-corrected chi connectivity index (χ0v) is 41.3. The molecular weight excluding hydrogens is 891 g/mol. The summed E-state index contributed by atoms with van der Waals surface area (Å²) in [5, 5.41) is 26.9. The van der Waals surface area contributed by atoms with Crippen molar-refractivity contribution < 1.29 is 58.1 Å². The summed E-state index contributed by atoms with van der Waals surface area (Å²) in [6, 6.07) is 1.62. The van der Waals surface area contributed by atoms with E-state index in [4.69, 9.17) is 15.6 Å². The van der Waals surface area contributed by atoms with Crippen LogP contribution < -0.4 is 21.7 Å². The van der Waals surface area contributed by atoms with Gasteiger partial charge in [0.2, 0.25) is 29.5 Å². The monoisotopic (exact) mass is 966 g/mol. The maximum atomic E-state index is 14.6. The molecule has 5 amide bonds. The van der Waals surface area contributed by atoms with E-state index in [1.54, 1.807) is 12.3 Å². The van der Waals surface area contributed by atoms with Gasteiger partial charge in [-0.1, -0.05) is 78.2 Å². The van der Waals surface area contributed by atoms with E-state index in [1.165, 1.54) is 23.0 Å². The van der Waals surface area contributed by atoms with Gasteiger partial charge in [0.15, 0.2) is 5.78 Å². The molecule has 4 rings (SSSR count). The van der Waals surface area contributed by atoms with Crippen molar-refractivity contribution in [3.05, 3.63) is 48.2 Å². The zero-order chi connectivity index (χ0) is 51.4. The number of nitrogens with zero attached hydrogens (tertiary/aromatic N) is 2. The van der Waals surface area contributed by atoms with Crippen LogP contribution in [0.2, 0.25) is 0 Å². The Bertz CT molecular complexity index is 2120. The molecule has 1 aromatic carbocycles. The first-order valence-corrected chi connectivity index (χ1v) is 24.3. The topological polar surface area (TPSA) is 288 Å². The number of nitrogens with one attached hydrogen (secondary N) is 4. The van der Waals surface area contributed by atoms with Gasteiger partial charge in [0.05, 0.1) is 19.2 Å². The van der Waals surface area contributed by atoms with Gasteiger partial charge in [-0.2, -0.15) is 0 Å². The van der Waals surface area contributed by atoms with E-state index in [0.29, 0.717) is 51.4 Å². The molecule has 0 radical (unpaired) electrons. The minimum atomic E-state index is -1.11. The average Bonchev–Trinajstić information content (AvgIpc) is 4.10. The summed E-state index contributed by atoms with van der Waals surface area (Å²) in [7, 11) is 1.26. The molecule has 69 heavy (non-hydrogen) atoms. The van der Waals surface area contributed by atoms with Crippen molar-refractivity contribution in [2.45, 2.75) is 161 Å². The number of carbonyl (C=O) groups is 9. The molecule has 8 N–H and O–H groups in total. The number of hydrogen-bond acceptors (Lipinski definition) is 11. The van der Waals surface area contributed by atoms with Gasteiger partial charge >= 0.3 is 11.9 Å². The number of unbranched alkanes of at least 4 members (excludes halogenated alkanes) is 1. The maximum Gasteiger partial charge on any atom is 0.330 e. The summed E-state index contributed by atoms with van der Waals surface area (Å²) in [5.74, 6) is -6.44. The van der Waals surface area contributed by atoms with E-state index in [0.717, 1.165) is 29.8 Å². The van der Waals surface area contributed by atoms with E-state index < -0.39 is 89.6 Å². The number of carboxylic acids is 2. The van der Waals surface area contributed by atoms with Crippen LogP contribution in [0.3, 0.4) is 0 Å². The van der Waals surface area contributed by atoms with Gasteiger partial charge in [0.1, 0.15) is 24.2 Å². The van der Waals surface area contributed by atoms with E-state index >= 15 is 0 Å². The van der Waals surface area contributed by atoms with E-state index in [2.05, 4.69) is 25.7 Å². The number of nitrogens with two attached hydrogens (primary N) is 1. The van der Waals surface area contributed by atoms with E-state index in [9.17, 15) is 43.5 Å². The quantitative estimate of drug-likeness (QED) is 0.0548. The number of para-hydroxylation sites is 1. The number of ether oxygens (including phenoxy) is 1. The normalized spacial score (nSPS) is 18.3. The number of methoxy groups -OCH3 is 1. The van der Waals surface area contributed by atoms with Crippen molar-refractivity contribution in [2.24, 2.45) is 23.5 Å². The molecule has 2 saturated heterocycles. The number of benzene rings is 1. The molecule has 1 unspecified atom stereocenters. The molecule has 2 aromatic rings. The van der Waals surface area contributed by atoms with Crippen molar-refractivity contribution in [1.82, 2.24) is 30.7 Å². The lowest BCUT2D eigenvalue weighted by molar-refractivity contribution is -0.149. The lowest BCUT2D eigenvalue weighted by atomic mass is 9.84.